The van der Waals surface area contributed by atoms with Crippen LogP contribution in [-0.4, -0.2) is 47.2 Å². The highest BCUT2D eigenvalue weighted by Gasteiger charge is 2.31. The van der Waals surface area contributed by atoms with Crippen molar-refractivity contribution in [2.24, 2.45) is 0 Å². The molecule has 0 spiro atoms. The Hall–Kier alpha value is -2.21. The maximum atomic E-state index is 12.1. The van der Waals surface area contributed by atoms with Crippen LogP contribution < -0.4 is 5.32 Å². The average Bonchev–Trinajstić information content (AvgIpc) is 3.40. The normalized spacial score (nSPS) is 18.8. The number of likely N-dealkylation sites (tertiary alicyclic amines) is 1. The van der Waals surface area contributed by atoms with Gasteiger partial charge in [-0.15, -0.1) is 10.2 Å². The summed E-state index contributed by atoms with van der Waals surface area (Å²) >= 11 is 0. The van der Waals surface area contributed by atoms with Crippen LogP contribution >= 0.6 is 0 Å². The molecule has 0 bridgehead atoms. The fourth-order valence-electron chi connectivity index (χ4n) is 3.49. The van der Waals surface area contributed by atoms with Gasteiger partial charge in [-0.3, -0.25) is 9.69 Å². The first-order valence-electron chi connectivity index (χ1n) is 9.64. The van der Waals surface area contributed by atoms with E-state index >= 15 is 0 Å². The maximum Gasteiger partial charge on any atom is 0.234 e. The molecule has 1 N–H and O–H groups in total. The van der Waals surface area contributed by atoms with Crippen LogP contribution in [0.2, 0.25) is 0 Å². The summed E-state index contributed by atoms with van der Waals surface area (Å²) in [6.45, 7) is 2.96. The average molecular weight is 354 g/mol. The van der Waals surface area contributed by atoms with Crippen molar-refractivity contribution in [3.8, 4) is 0 Å². The molecule has 4 rings (SSSR count). The number of nitrogens with zero attached hydrogens (tertiary/aromatic N) is 3. The van der Waals surface area contributed by atoms with Gasteiger partial charge < -0.3 is 9.73 Å². The Balaban J connectivity index is 1.16. The molecular formula is C20H26N4O2. The van der Waals surface area contributed by atoms with Crippen molar-refractivity contribution >= 4 is 5.91 Å². The molecular weight excluding hydrogens is 328 g/mol. The lowest BCUT2D eigenvalue weighted by Crippen LogP contribution is -2.41. The summed E-state index contributed by atoms with van der Waals surface area (Å²) in [4.78, 5) is 14.4. The quantitative estimate of drug-likeness (QED) is 0.827. The molecule has 1 saturated heterocycles. The number of carbonyl (C=O) groups excluding carboxylic acids is 1. The zero-order chi connectivity index (χ0) is 17.8. The van der Waals surface area contributed by atoms with Gasteiger partial charge in [0.05, 0.1) is 6.54 Å². The van der Waals surface area contributed by atoms with Gasteiger partial charge in [-0.2, -0.15) is 0 Å². The highest BCUT2D eigenvalue weighted by molar-refractivity contribution is 5.78. The highest BCUT2D eigenvalue weighted by Crippen LogP contribution is 2.40. The molecule has 1 amide bonds. The number of hydrogen-bond acceptors (Lipinski definition) is 5. The molecule has 1 aliphatic heterocycles. The number of rotatable bonds is 7. The molecule has 0 atom stereocenters. The largest absolute Gasteiger partial charge is 0.425 e. The predicted molar refractivity (Wildman–Crippen MR) is 97.8 cm³/mol. The fraction of sp³-hybridized carbons (Fsp3) is 0.550. The second-order valence-electron chi connectivity index (χ2n) is 7.39. The van der Waals surface area contributed by atoms with Crippen LogP contribution in [0.15, 0.2) is 34.7 Å². The fourth-order valence-corrected chi connectivity index (χ4v) is 3.49. The number of benzene rings is 1. The van der Waals surface area contributed by atoms with E-state index in [0.717, 1.165) is 44.1 Å². The molecule has 1 aromatic heterocycles. The van der Waals surface area contributed by atoms with Crippen LogP contribution in [0.1, 0.15) is 54.9 Å². The molecule has 2 heterocycles. The van der Waals surface area contributed by atoms with Crippen molar-refractivity contribution in [2.75, 3.05) is 26.2 Å². The highest BCUT2D eigenvalue weighted by atomic mass is 16.4. The van der Waals surface area contributed by atoms with E-state index in [9.17, 15) is 4.79 Å². The van der Waals surface area contributed by atoms with Crippen LogP contribution in [0.3, 0.4) is 0 Å². The van der Waals surface area contributed by atoms with Gasteiger partial charge in [-0.25, -0.2) is 0 Å². The number of aromatic nitrogens is 2. The van der Waals surface area contributed by atoms with E-state index in [4.69, 9.17) is 4.42 Å². The standard InChI is InChI=1S/C20H26N4O2/c25-18(21-11-8-15-4-2-1-3-5-15)14-24-12-9-17(10-13-24)20-23-22-19(26-20)16-6-7-16/h1-5,16-17H,6-14H2,(H,21,25). The number of piperidine rings is 1. The lowest BCUT2D eigenvalue weighted by atomic mass is 9.97. The molecule has 26 heavy (non-hydrogen) atoms. The monoisotopic (exact) mass is 354 g/mol. The third-order valence-corrected chi connectivity index (χ3v) is 5.27. The van der Waals surface area contributed by atoms with E-state index < -0.39 is 0 Å². The third kappa shape index (κ3) is 4.49. The van der Waals surface area contributed by atoms with Crippen molar-refractivity contribution in [1.29, 1.82) is 0 Å². The van der Waals surface area contributed by atoms with Crippen molar-refractivity contribution in [2.45, 2.75) is 43.9 Å². The summed E-state index contributed by atoms with van der Waals surface area (Å²) in [5.74, 6) is 2.57. The summed E-state index contributed by atoms with van der Waals surface area (Å²) in [6.07, 6.45) is 5.18. The lowest BCUT2D eigenvalue weighted by molar-refractivity contribution is -0.122. The van der Waals surface area contributed by atoms with Gasteiger partial charge in [-0.05, 0) is 50.8 Å². The Morgan fingerprint density at radius 3 is 2.35 bits per heavy atom. The van der Waals surface area contributed by atoms with Crippen LogP contribution in [0.5, 0.6) is 0 Å². The molecule has 6 heteroatoms. The topological polar surface area (TPSA) is 71.3 Å². The minimum absolute atomic E-state index is 0.105. The summed E-state index contributed by atoms with van der Waals surface area (Å²) in [5, 5.41) is 11.4. The third-order valence-electron chi connectivity index (χ3n) is 5.27. The number of hydrogen-bond donors (Lipinski definition) is 1. The zero-order valence-electron chi connectivity index (χ0n) is 15.1. The Labute approximate surface area is 154 Å². The van der Waals surface area contributed by atoms with Gasteiger partial charge in [0.15, 0.2) is 0 Å². The first-order chi connectivity index (χ1) is 12.8. The van der Waals surface area contributed by atoms with E-state index in [0.29, 0.717) is 24.9 Å². The SMILES string of the molecule is O=C(CN1CCC(c2nnc(C3CC3)o2)CC1)NCCc1ccccc1. The van der Waals surface area contributed by atoms with Crippen molar-refractivity contribution < 1.29 is 9.21 Å². The number of nitrogens with one attached hydrogen (secondary N) is 1. The molecule has 2 fully saturated rings. The van der Waals surface area contributed by atoms with Crippen molar-refractivity contribution in [3.05, 3.63) is 47.7 Å². The number of carbonyl (C=O) groups is 1. The van der Waals surface area contributed by atoms with E-state index in [1.807, 2.05) is 18.2 Å². The Bertz CT molecular complexity index is 718. The number of amides is 1. The molecule has 0 unspecified atom stereocenters. The minimum atomic E-state index is 0.105. The molecule has 0 radical (unpaired) electrons. The van der Waals surface area contributed by atoms with Gasteiger partial charge in [0.1, 0.15) is 0 Å². The predicted octanol–water partition coefficient (Wildman–Crippen LogP) is 2.49. The zero-order valence-corrected chi connectivity index (χ0v) is 15.1. The maximum absolute atomic E-state index is 12.1. The second kappa shape index (κ2) is 7.99. The van der Waals surface area contributed by atoms with E-state index in [2.05, 4.69) is 32.5 Å². The molecule has 138 valence electrons. The molecule has 6 nitrogen and oxygen atoms in total. The van der Waals surface area contributed by atoms with Gasteiger partial charge in [0, 0.05) is 18.4 Å². The van der Waals surface area contributed by atoms with Crippen LogP contribution in [-0.2, 0) is 11.2 Å². The molecule has 2 aliphatic rings. The molecule has 1 aliphatic carbocycles. The van der Waals surface area contributed by atoms with Gasteiger partial charge in [0.25, 0.3) is 0 Å². The first kappa shape index (κ1) is 17.2. The molecule has 1 saturated carbocycles. The van der Waals surface area contributed by atoms with Crippen molar-refractivity contribution in [3.63, 3.8) is 0 Å². The second-order valence-corrected chi connectivity index (χ2v) is 7.39. The van der Waals surface area contributed by atoms with Crippen LogP contribution in [0.25, 0.3) is 0 Å². The van der Waals surface area contributed by atoms with Crippen LogP contribution in [0.4, 0.5) is 0 Å². The Morgan fingerprint density at radius 2 is 1.69 bits per heavy atom. The van der Waals surface area contributed by atoms with Gasteiger partial charge >= 0.3 is 0 Å². The minimum Gasteiger partial charge on any atom is -0.425 e. The summed E-state index contributed by atoms with van der Waals surface area (Å²) in [6, 6.07) is 10.2. The van der Waals surface area contributed by atoms with Crippen LogP contribution in [0, 0.1) is 0 Å². The Morgan fingerprint density at radius 1 is 1.04 bits per heavy atom. The molecule has 2 aromatic rings. The molecule has 1 aromatic carbocycles. The summed E-state index contributed by atoms with van der Waals surface area (Å²) in [5.41, 5.74) is 1.25. The lowest BCUT2D eigenvalue weighted by Gasteiger charge is -2.29. The van der Waals surface area contributed by atoms with Gasteiger partial charge in [0.2, 0.25) is 17.7 Å². The Kier molecular flexibility index (Phi) is 5.29. The summed E-state index contributed by atoms with van der Waals surface area (Å²) < 4.78 is 5.84. The van der Waals surface area contributed by atoms with Gasteiger partial charge in [-0.1, -0.05) is 30.3 Å². The van der Waals surface area contributed by atoms with E-state index in [-0.39, 0.29) is 5.91 Å². The first-order valence-corrected chi connectivity index (χ1v) is 9.64. The smallest absolute Gasteiger partial charge is 0.234 e. The van der Waals surface area contributed by atoms with E-state index in [1.165, 1.54) is 18.4 Å². The van der Waals surface area contributed by atoms with E-state index in [1.54, 1.807) is 0 Å². The summed E-state index contributed by atoms with van der Waals surface area (Å²) in [7, 11) is 0. The van der Waals surface area contributed by atoms with Crippen molar-refractivity contribution in [1.82, 2.24) is 20.4 Å².